The van der Waals surface area contributed by atoms with Gasteiger partial charge in [0.25, 0.3) is 5.56 Å². The lowest BCUT2D eigenvalue weighted by atomic mass is 10.2. The molecule has 4 rings (SSSR count). The fourth-order valence-electron chi connectivity index (χ4n) is 3.30. The highest BCUT2D eigenvalue weighted by Gasteiger charge is 2.21. The summed E-state index contributed by atoms with van der Waals surface area (Å²) in [5.41, 5.74) is 2.10. The molecular formula is C25H23N5O3S. The molecule has 9 heteroatoms. The van der Waals surface area contributed by atoms with Gasteiger partial charge in [0.05, 0.1) is 22.7 Å². The van der Waals surface area contributed by atoms with Gasteiger partial charge in [-0.25, -0.2) is 9.78 Å². The normalized spacial score (nSPS) is 11.7. The Bertz CT molecular complexity index is 1360. The maximum Gasteiger partial charge on any atom is 0.321 e. The van der Waals surface area contributed by atoms with E-state index in [1.165, 1.54) is 4.57 Å². The van der Waals surface area contributed by atoms with E-state index < -0.39 is 17.2 Å². The summed E-state index contributed by atoms with van der Waals surface area (Å²) < 4.78 is 1.53. The topological polar surface area (TPSA) is 106 Å². The summed E-state index contributed by atoms with van der Waals surface area (Å²) in [5, 5.41) is 5.24. The molecule has 0 fully saturated rings. The minimum atomic E-state index is -0.671. The lowest BCUT2D eigenvalue weighted by Gasteiger charge is -2.16. The molecule has 2 N–H and O–H groups in total. The Morgan fingerprint density at radius 3 is 2.50 bits per heavy atom. The molecule has 0 bridgehead atoms. The number of imide groups is 1. The Morgan fingerprint density at radius 2 is 1.74 bits per heavy atom. The molecule has 0 spiro atoms. The van der Waals surface area contributed by atoms with Gasteiger partial charge in [-0.2, -0.15) is 0 Å². The predicted octanol–water partition coefficient (Wildman–Crippen LogP) is 3.35. The molecule has 0 radical (unpaired) electrons. The van der Waals surface area contributed by atoms with Gasteiger partial charge >= 0.3 is 6.03 Å². The van der Waals surface area contributed by atoms with E-state index in [2.05, 4.69) is 20.6 Å². The van der Waals surface area contributed by atoms with Gasteiger partial charge in [-0.1, -0.05) is 60.3 Å². The molecule has 0 aliphatic heterocycles. The number of pyridine rings is 1. The molecule has 0 aliphatic rings. The zero-order valence-electron chi connectivity index (χ0n) is 18.5. The fraction of sp³-hybridized carbons (Fsp3) is 0.160. The first-order chi connectivity index (χ1) is 16.5. The lowest BCUT2D eigenvalue weighted by Crippen LogP contribution is -2.42. The predicted molar refractivity (Wildman–Crippen MR) is 131 cm³/mol. The van der Waals surface area contributed by atoms with E-state index in [4.69, 9.17) is 0 Å². The molecule has 2 aromatic heterocycles. The number of aromatic nitrogens is 3. The Kier molecular flexibility index (Phi) is 7.34. The SMILES string of the molecule is CC(Sc1nc2ccccc2c(=O)n1Cc1cccnc1)C(=O)NC(=O)NCc1ccccc1. The van der Waals surface area contributed by atoms with E-state index in [9.17, 15) is 14.4 Å². The van der Waals surface area contributed by atoms with Gasteiger partial charge in [-0.15, -0.1) is 0 Å². The highest BCUT2D eigenvalue weighted by atomic mass is 32.2. The summed E-state index contributed by atoms with van der Waals surface area (Å²) in [4.78, 5) is 46.8. The third-order valence-electron chi connectivity index (χ3n) is 5.07. The molecule has 2 aromatic carbocycles. The van der Waals surface area contributed by atoms with Crippen LogP contribution in [0, 0.1) is 0 Å². The second-order valence-corrected chi connectivity index (χ2v) is 8.89. The number of hydrogen-bond acceptors (Lipinski definition) is 6. The largest absolute Gasteiger partial charge is 0.334 e. The lowest BCUT2D eigenvalue weighted by molar-refractivity contribution is -0.119. The van der Waals surface area contributed by atoms with Gasteiger partial charge in [0.2, 0.25) is 5.91 Å². The van der Waals surface area contributed by atoms with Crippen molar-refractivity contribution in [1.82, 2.24) is 25.2 Å². The number of hydrogen-bond donors (Lipinski definition) is 2. The summed E-state index contributed by atoms with van der Waals surface area (Å²) in [7, 11) is 0. The van der Waals surface area contributed by atoms with Crippen LogP contribution in [0.2, 0.25) is 0 Å². The van der Waals surface area contributed by atoms with E-state index in [1.54, 1.807) is 43.6 Å². The van der Waals surface area contributed by atoms with Crippen LogP contribution in [0.3, 0.4) is 0 Å². The molecule has 0 saturated carbocycles. The third-order valence-corrected chi connectivity index (χ3v) is 6.16. The third kappa shape index (κ3) is 5.68. The van der Waals surface area contributed by atoms with Crippen LogP contribution in [0.4, 0.5) is 4.79 Å². The van der Waals surface area contributed by atoms with Gasteiger partial charge in [-0.05, 0) is 36.2 Å². The number of amides is 3. The van der Waals surface area contributed by atoms with E-state index in [0.29, 0.717) is 22.6 Å². The molecule has 1 unspecified atom stereocenters. The summed E-state index contributed by atoms with van der Waals surface area (Å²) in [6, 6.07) is 19.6. The molecule has 3 amide bonds. The molecule has 1 atom stereocenters. The molecule has 34 heavy (non-hydrogen) atoms. The monoisotopic (exact) mass is 473 g/mol. The highest BCUT2D eigenvalue weighted by molar-refractivity contribution is 8.00. The quantitative estimate of drug-likeness (QED) is 0.315. The number of carbonyl (C=O) groups excluding carboxylic acids is 2. The summed E-state index contributed by atoms with van der Waals surface area (Å²) in [6.45, 7) is 2.23. The number of urea groups is 1. The van der Waals surface area contributed by atoms with Crippen molar-refractivity contribution in [3.05, 3.63) is 101 Å². The smallest absolute Gasteiger partial charge is 0.321 e. The Hall–Kier alpha value is -3.98. The summed E-state index contributed by atoms with van der Waals surface area (Å²) in [6.07, 6.45) is 3.35. The van der Waals surface area contributed by atoms with Crippen LogP contribution in [0.25, 0.3) is 10.9 Å². The van der Waals surface area contributed by atoms with Crippen molar-refractivity contribution in [1.29, 1.82) is 0 Å². The fourth-order valence-corrected chi connectivity index (χ4v) is 4.21. The average molecular weight is 474 g/mol. The highest BCUT2D eigenvalue weighted by Crippen LogP contribution is 2.23. The first-order valence-corrected chi connectivity index (χ1v) is 11.6. The van der Waals surface area contributed by atoms with Crippen LogP contribution in [0.5, 0.6) is 0 Å². The van der Waals surface area contributed by atoms with Crippen molar-refractivity contribution >= 4 is 34.6 Å². The van der Waals surface area contributed by atoms with Crippen molar-refractivity contribution in [2.45, 2.75) is 30.4 Å². The van der Waals surface area contributed by atoms with Gasteiger partial charge in [0, 0.05) is 18.9 Å². The van der Waals surface area contributed by atoms with Crippen molar-refractivity contribution < 1.29 is 9.59 Å². The van der Waals surface area contributed by atoms with Crippen molar-refractivity contribution in [3.8, 4) is 0 Å². The number of fused-ring (bicyclic) bond motifs is 1. The second kappa shape index (κ2) is 10.8. The maximum absolute atomic E-state index is 13.2. The molecular weight excluding hydrogens is 450 g/mol. The van der Waals surface area contributed by atoms with Gasteiger partial charge in [-0.3, -0.25) is 24.5 Å². The first-order valence-electron chi connectivity index (χ1n) is 10.7. The number of thioether (sulfide) groups is 1. The van der Waals surface area contributed by atoms with Crippen molar-refractivity contribution in [2.24, 2.45) is 0 Å². The molecule has 2 heterocycles. The molecule has 172 valence electrons. The molecule has 8 nitrogen and oxygen atoms in total. The van der Waals surface area contributed by atoms with E-state index >= 15 is 0 Å². The number of benzene rings is 2. The minimum Gasteiger partial charge on any atom is -0.334 e. The Labute approximate surface area is 200 Å². The van der Waals surface area contributed by atoms with E-state index in [1.807, 2.05) is 42.5 Å². The van der Waals surface area contributed by atoms with Crippen molar-refractivity contribution in [3.63, 3.8) is 0 Å². The second-order valence-electron chi connectivity index (χ2n) is 7.58. The average Bonchev–Trinajstić information content (AvgIpc) is 2.86. The Balaban J connectivity index is 1.50. The van der Waals surface area contributed by atoms with Crippen LogP contribution in [0.1, 0.15) is 18.1 Å². The number of carbonyl (C=O) groups is 2. The number of para-hydroxylation sites is 1. The minimum absolute atomic E-state index is 0.204. The van der Waals surface area contributed by atoms with E-state index in [-0.39, 0.29) is 12.1 Å². The number of nitrogens with zero attached hydrogens (tertiary/aromatic N) is 3. The van der Waals surface area contributed by atoms with Crippen LogP contribution >= 0.6 is 11.8 Å². The molecule has 0 saturated heterocycles. The molecule has 0 aliphatic carbocycles. The zero-order chi connectivity index (χ0) is 23.9. The molecule has 4 aromatic rings. The van der Waals surface area contributed by atoms with Crippen LogP contribution < -0.4 is 16.2 Å². The van der Waals surface area contributed by atoms with Crippen LogP contribution in [0.15, 0.2) is 89.1 Å². The van der Waals surface area contributed by atoms with Gasteiger partial charge < -0.3 is 5.32 Å². The van der Waals surface area contributed by atoms with Gasteiger partial charge in [0.1, 0.15) is 0 Å². The number of rotatable bonds is 7. The Morgan fingerprint density at radius 1 is 1.00 bits per heavy atom. The standard InChI is InChI=1S/C25H23N5O3S/c1-17(22(31)29-24(33)27-15-18-8-3-2-4-9-18)34-25-28-21-12-6-5-11-20(21)23(32)30(25)16-19-10-7-13-26-14-19/h2-14,17H,15-16H2,1H3,(H2,27,29,31,33). The number of nitrogens with one attached hydrogen (secondary N) is 2. The van der Waals surface area contributed by atoms with Crippen LogP contribution in [-0.4, -0.2) is 31.7 Å². The summed E-state index contributed by atoms with van der Waals surface area (Å²) in [5.74, 6) is -0.481. The van der Waals surface area contributed by atoms with E-state index in [0.717, 1.165) is 22.9 Å². The van der Waals surface area contributed by atoms with Crippen LogP contribution in [-0.2, 0) is 17.9 Å². The maximum atomic E-state index is 13.2. The zero-order valence-corrected chi connectivity index (χ0v) is 19.3. The van der Waals surface area contributed by atoms with Crippen molar-refractivity contribution in [2.75, 3.05) is 0 Å². The van der Waals surface area contributed by atoms with Gasteiger partial charge in [0.15, 0.2) is 5.16 Å². The first kappa shape index (κ1) is 23.2. The summed E-state index contributed by atoms with van der Waals surface area (Å²) >= 11 is 1.12.